The molecule has 2 aromatic carbocycles. The number of nitrogens with zero attached hydrogens (tertiary/aromatic N) is 2. The van der Waals surface area contributed by atoms with Gasteiger partial charge in [-0.2, -0.15) is 0 Å². The second kappa shape index (κ2) is 12.6. The molecule has 2 bridgehead atoms. The Morgan fingerprint density at radius 2 is 1.68 bits per heavy atom. The fourth-order valence-corrected chi connectivity index (χ4v) is 5.71. The standard InChI is InChI=1S/C19H27N3O.C7H8.C6H7F2N.CH2O/c1-13-17(2,3)21-16(20-13)18-10-19(11-18,12-18)22(4)9-14-5-7-15(23)8-6-14;1-7-5-3-2-4-6-7;1-2-9-4-5-3-6(5,7)8;1-2/h5-8,13,23H,9-12H2,1-4H3,(H,20,21);2-6H,1H3;1,5,9H,3-4H2;1H2/t13-,18?,19?;;;/m0.../s1. The fourth-order valence-electron chi connectivity index (χ4n) is 5.71. The maximum absolute atomic E-state index is 12.0. The minimum atomic E-state index is -2.44. The zero-order valence-corrected chi connectivity index (χ0v) is 24.9. The van der Waals surface area contributed by atoms with E-state index in [-0.39, 0.29) is 18.5 Å². The number of phenolic OH excluding ortho intramolecular Hbond substituents is 1. The van der Waals surface area contributed by atoms with Crippen LogP contribution in [-0.4, -0.2) is 59.3 Å². The molecule has 41 heavy (non-hydrogen) atoms. The van der Waals surface area contributed by atoms with Gasteiger partial charge in [0.2, 0.25) is 0 Å². The van der Waals surface area contributed by atoms with Crippen LogP contribution in [0.15, 0.2) is 59.6 Å². The summed E-state index contributed by atoms with van der Waals surface area (Å²) in [7, 11) is 2.23. The number of nitrogens with one attached hydrogen (secondary N) is 2. The molecule has 4 aliphatic carbocycles. The molecule has 1 unspecified atom stereocenters. The Hall–Kier alpha value is -3.44. The summed E-state index contributed by atoms with van der Waals surface area (Å²) < 4.78 is 24.0. The number of carbonyl (C=O) groups excluding carboxylic acids is 1. The van der Waals surface area contributed by atoms with Crippen molar-refractivity contribution in [1.82, 2.24) is 15.5 Å². The number of aromatic hydroxyl groups is 1. The first-order chi connectivity index (χ1) is 19.3. The average Bonchev–Trinajstić information content (AvgIpc) is 3.40. The van der Waals surface area contributed by atoms with E-state index in [1.54, 1.807) is 12.1 Å². The predicted octanol–water partition coefficient (Wildman–Crippen LogP) is 5.55. The number of amidine groups is 1. The first-order valence-electron chi connectivity index (χ1n) is 14.0. The van der Waals surface area contributed by atoms with Crippen LogP contribution in [0.3, 0.4) is 0 Å². The molecule has 0 aromatic heterocycles. The number of phenols is 1. The van der Waals surface area contributed by atoms with Crippen molar-refractivity contribution in [2.75, 3.05) is 13.6 Å². The average molecular weight is 567 g/mol. The molecule has 0 amide bonds. The number of hydrogen-bond acceptors (Lipinski definition) is 6. The number of alkyl halides is 2. The lowest BCUT2D eigenvalue weighted by molar-refractivity contribution is -0.175. The van der Waals surface area contributed by atoms with E-state index in [0.717, 1.165) is 6.54 Å². The minimum absolute atomic E-state index is 0.0122. The third kappa shape index (κ3) is 7.45. The van der Waals surface area contributed by atoms with E-state index >= 15 is 0 Å². The number of carbonyl (C=O) groups is 1. The van der Waals surface area contributed by atoms with Gasteiger partial charge in [0, 0.05) is 42.4 Å². The summed E-state index contributed by atoms with van der Waals surface area (Å²) in [4.78, 5) is 15.4. The van der Waals surface area contributed by atoms with Crippen molar-refractivity contribution in [2.45, 2.75) is 83.0 Å². The van der Waals surface area contributed by atoms with E-state index in [1.165, 1.54) is 36.2 Å². The second-order valence-corrected chi connectivity index (χ2v) is 12.4. The van der Waals surface area contributed by atoms with Crippen molar-refractivity contribution in [1.29, 1.82) is 0 Å². The fraction of sp³-hybridized carbons (Fsp3) is 0.515. The quantitative estimate of drug-likeness (QED) is 0.316. The number of rotatable bonds is 6. The summed E-state index contributed by atoms with van der Waals surface area (Å²) in [6.07, 6.45) is 8.45. The highest BCUT2D eigenvalue weighted by atomic mass is 19.3. The molecular formula is C33H44F2N4O2. The Labute approximate surface area is 243 Å². The Kier molecular flexibility index (Phi) is 9.86. The van der Waals surface area contributed by atoms with Gasteiger partial charge in [-0.3, -0.25) is 9.89 Å². The molecule has 0 radical (unpaired) electrons. The summed E-state index contributed by atoms with van der Waals surface area (Å²) in [6.45, 7) is 12.0. The highest BCUT2D eigenvalue weighted by molar-refractivity contribution is 5.94. The van der Waals surface area contributed by atoms with Crippen LogP contribution in [0.2, 0.25) is 0 Å². The highest BCUT2D eigenvalue weighted by Gasteiger charge is 2.72. The Balaban J connectivity index is 0.000000210. The predicted molar refractivity (Wildman–Crippen MR) is 161 cm³/mol. The zero-order chi connectivity index (χ0) is 30.5. The van der Waals surface area contributed by atoms with Gasteiger partial charge in [-0.15, -0.1) is 0 Å². The molecule has 4 saturated carbocycles. The Morgan fingerprint density at radius 1 is 1.12 bits per heavy atom. The van der Waals surface area contributed by atoms with Crippen molar-refractivity contribution in [3.05, 3.63) is 65.7 Å². The lowest BCUT2D eigenvalue weighted by Gasteiger charge is -2.73. The topological polar surface area (TPSA) is 77.0 Å². The molecule has 2 atom stereocenters. The van der Waals surface area contributed by atoms with Crippen LogP contribution in [0.4, 0.5) is 8.78 Å². The summed E-state index contributed by atoms with van der Waals surface area (Å²) >= 11 is 0. The number of halogens is 2. The minimum Gasteiger partial charge on any atom is -0.508 e. The van der Waals surface area contributed by atoms with Crippen LogP contribution in [0.25, 0.3) is 0 Å². The van der Waals surface area contributed by atoms with Gasteiger partial charge in [-0.05, 0) is 71.7 Å². The van der Waals surface area contributed by atoms with Crippen LogP contribution in [-0.2, 0) is 11.3 Å². The lowest BCUT2D eigenvalue weighted by atomic mass is 9.38. The SMILES string of the molecule is C#CNCC1CC1(F)F.C=O.C[C@@H]1N=C(C23CC(N(C)Cc4ccc(O)cc4)(C2)C3)NC1(C)C.Cc1ccccc1. The van der Waals surface area contributed by atoms with Crippen molar-refractivity contribution >= 4 is 12.6 Å². The van der Waals surface area contributed by atoms with Crippen molar-refractivity contribution in [3.63, 3.8) is 0 Å². The van der Waals surface area contributed by atoms with E-state index in [9.17, 15) is 13.9 Å². The maximum atomic E-state index is 12.0. The second-order valence-electron chi connectivity index (χ2n) is 12.4. The molecule has 1 aliphatic heterocycles. The lowest BCUT2D eigenvalue weighted by Crippen LogP contribution is -2.77. The molecule has 3 N–H and O–H groups in total. The van der Waals surface area contributed by atoms with E-state index in [0.29, 0.717) is 22.7 Å². The number of terminal acetylenes is 1. The normalized spacial score (nSPS) is 28.6. The van der Waals surface area contributed by atoms with Crippen LogP contribution in [0.5, 0.6) is 5.75 Å². The third-order valence-corrected chi connectivity index (χ3v) is 8.82. The van der Waals surface area contributed by atoms with Gasteiger partial charge in [0.15, 0.2) is 0 Å². The van der Waals surface area contributed by atoms with Crippen molar-refractivity contribution in [2.24, 2.45) is 16.3 Å². The molecule has 8 heteroatoms. The Morgan fingerprint density at radius 3 is 2.10 bits per heavy atom. The summed E-state index contributed by atoms with van der Waals surface area (Å²) in [5.41, 5.74) is 3.36. The molecule has 6 nitrogen and oxygen atoms in total. The van der Waals surface area contributed by atoms with Crippen LogP contribution in [0, 0.1) is 30.7 Å². The van der Waals surface area contributed by atoms with Crippen LogP contribution < -0.4 is 10.6 Å². The van der Waals surface area contributed by atoms with Crippen LogP contribution in [0.1, 0.15) is 57.6 Å². The van der Waals surface area contributed by atoms with E-state index in [2.05, 4.69) is 68.5 Å². The van der Waals surface area contributed by atoms with Gasteiger partial charge in [-0.25, -0.2) is 8.78 Å². The maximum Gasteiger partial charge on any atom is 0.253 e. The summed E-state index contributed by atoms with van der Waals surface area (Å²) in [6, 6.07) is 20.3. The van der Waals surface area contributed by atoms with E-state index < -0.39 is 11.8 Å². The molecule has 0 spiro atoms. The first kappa shape index (κ1) is 32.1. The largest absolute Gasteiger partial charge is 0.508 e. The van der Waals surface area contributed by atoms with E-state index in [4.69, 9.17) is 16.2 Å². The smallest absolute Gasteiger partial charge is 0.253 e. The molecule has 1 heterocycles. The number of benzene rings is 2. The molecule has 0 saturated heterocycles. The monoisotopic (exact) mass is 566 g/mol. The van der Waals surface area contributed by atoms with Gasteiger partial charge < -0.3 is 20.5 Å². The molecule has 7 rings (SSSR count). The van der Waals surface area contributed by atoms with Gasteiger partial charge in [0.25, 0.3) is 5.92 Å². The number of aliphatic imine (C=N–C) groups is 1. The van der Waals surface area contributed by atoms with Crippen LogP contribution >= 0.6 is 0 Å². The van der Waals surface area contributed by atoms with Gasteiger partial charge in [0.1, 0.15) is 18.4 Å². The number of aryl methyl sites for hydroxylation is 1. The van der Waals surface area contributed by atoms with Gasteiger partial charge >= 0.3 is 0 Å². The Bertz CT molecular complexity index is 1200. The zero-order valence-electron chi connectivity index (χ0n) is 24.9. The third-order valence-electron chi connectivity index (χ3n) is 8.82. The molecule has 5 aliphatic rings. The molecule has 222 valence electrons. The van der Waals surface area contributed by atoms with E-state index in [1.807, 2.05) is 37.1 Å². The summed E-state index contributed by atoms with van der Waals surface area (Å²) in [5, 5.41) is 15.5. The molecular weight excluding hydrogens is 522 g/mol. The van der Waals surface area contributed by atoms with Gasteiger partial charge in [-0.1, -0.05) is 54.5 Å². The number of hydrogen-bond donors (Lipinski definition) is 3. The molecule has 2 aromatic rings. The van der Waals surface area contributed by atoms with Gasteiger partial charge in [0.05, 0.1) is 11.6 Å². The first-order valence-corrected chi connectivity index (χ1v) is 14.0. The highest BCUT2D eigenvalue weighted by Crippen LogP contribution is 2.70. The molecule has 4 fully saturated rings. The van der Waals surface area contributed by atoms with Crippen molar-refractivity contribution in [3.8, 4) is 18.2 Å². The summed E-state index contributed by atoms with van der Waals surface area (Å²) in [5.74, 6) is -1.37. The van der Waals surface area contributed by atoms with Crippen molar-refractivity contribution < 1.29 is 18.7 Å².